The van der Waals surface area contributed by atoms with Crippen LogP contribution in [0.5, 0.6) is 11.5 Å². The van der Waals surface area contributed by atoms with Gasteiger partial charge in [0.25, 0.3) is 0 Å². The Morgan fingerprint density at radius 3 is 2.44 bits per heavy atom. The number of carbonyl (C=O) groups excluding carboxylic acids is 2. The van der Waals surface area contributed by atoms with Crippen LogP contribution in [0, 0.1) is 11.3 Å². The molecule has 11 heteroatoms. The SMILES string of the molecule is N#CCCn1ccc(NC(=O)C(=O)Nc2cccc(Oc3cccc(C(F)(F)F)c3)c2)n1. The predicted octanol–water partition coefficient (Wildman–Crippen LogP) is 4.19. The van der Waals surface area contributed by atoms with Gasteiger partial charge in [0, 0.05) is 24.0 Å². The number of halogens is 3. The van der Waals surface area contributed by atoms with Crippen molar-refractivity contribution in [2.45, 2.75) is 19.1 Å². The van der Waals surface area contributed by atoms with Gasteiger partial charge in [-0.2, -0.15) is 23.5 Å². The minimum absolute atomic E-state index is 0.0342. The number of nitrogens with one attached hydrogen (secondary N) is 2. The molecule has 164 valence electrons. The first-order valence-corrected chi connectivity index (χ1v) is 9.22. The Morgan fingerprint density at radius 2 is 1.72 bits per heavy atom. The van der Waals surface area contributed by atoms with Gasteiger partial charge in [0.05, 0.1) is 24.6 Å². The molecule has 0 atom stereocenters. The third-order valence-electron chi connectivity index (χ3n) is 4.03. The second-order valence-corrected chi connectivity index (χ2v) is 6.44. The average molecular weight is 443 g/mol. The summed E-state index contributed by atoms with van der Waals surface area (Å²) in [7, 11) is 0. The van der Waals surface area contributed by atoms with Crippen LogP contribution in [0.3, 0.4) is 0 Å². The number of ether oxygens (including phenoxy) is 1. The molecule has 0 unspecified atom stereocenters. The second kappa shape index (κ2) is 9.65. The number of alkyl halides is 3. The Hall–Kier alpha value is -4.33. The quantitative estimate of drug-likeness (QED) is 0.556. The van der Waals surface area contributed by atoms with Crippen molar-refractivity contribution in [3.8, 4) is 17.6 Å². The number of rotatable bonds is 6. The fraction of sp³-hybridized carbons (Fsp3) is 0.143. The number of hydrogen-bond donors (Lipinski definition) is 2. The zero-order valence-corrected chi connectivity index (χ0v) is 16.4. The van der Waals surface area contributed by atoms with Crippen LogP contribution in [0.25, 0.3) is 0 Å². The Labute approximate surface area is 180 Å². The molecule has 32 heavy (non-hydrogen) atoms. The van der Waals surface area contributed by atoms with Gasteiger partial charge in [0.1, 0.15) is 11.5 Å². The minimum atomic E-state index is -4.51. The first-order valence-electron chi connectivity index (χ1n) is 9.22. The van der Waals surface area contributed by atoms with E-state index in [2.05, 4.69) is 15.7 Å². The standard InChI is InChI=1S/C21H16F3N5O3/c22-21(23,24)14-4-1-6-16(12-14)32-17-7-2-5-15(13-17)26-19(30)20(31)27-18-8-11-29(28-18)10-3-9-25/h1-2,4-8,11-13H,3,10H2,(H,26,30)(H,27,28,31). The molecule has 0 saturated heterocycles. The number of carbonyl (C=O) groups is 2. The summed E-state index contributed by atoms with van der Waals surface area (Å²) in [5.41, 5.74) is -0.652. The summed E-state index contributed by atoms with van der Waals surface area (Å²) < 4.78 is 45.4. The molecule has 3 aromatic rings. The lowest BCUT2D eigenvalue weighted by Crippen LogP contribution is -2.29. The van der Waals surface area contributed by atoms with Crippen LogP contribution in [0.1, 0.15) is 12.0 Å². The van der Waals surface area contributed by atoms with Gasteiger partial charge in [0.15, 0.2) is 5.82 Å². The van der Waals surface area contributed by atoms with Crippen LogP contribution < -0.4 is 15.4 Å². The van der Waals surface area contributed by atoms with Gasteiger partial charge in [-0.25, -0.2) is 0 Å². The van der Waals surface area contributed by atoms with Crippen molar-refractivity contribution in [3.05, 3.63) is 66.4 Å². The van der Waals surface area contributed by atoms with E-state index in [9.17, 15) is 22.8 Å². The molecule has 0 fully saturated rings. The van der Waals surface area contributed by atoms with Gasteiger partial charge in [0.2, 0.25) is 0 Å². The lowest BCUT2D eigenvalue weighted by molar-refractivity contribution is -0.137. The van der Waals surface area contributed by atoms with Crippen LogP contribution in [-0.2, 0) is 22.3 Å². The third-order valence-corrected chi connectivity index (χ3v) is 4.03. The molecule has 2 aromatic carbocycles. The van der Waals surface area contributed by atoms with Crippen LogP contribution in [0.4, 0.5) is 24.7 Å². The molecule has 0 aliphatic heterocycles. The van der Waals surface area contributed by atoms with Gasteiger partial charge in [-0.1, -0.05) is 12.1 Å². The van der Waals surface area contributed by atoms with E-state index < -0.39 is 23.6 Å². The Bertz CT molecular complexity index is 1170. The van der Waals surface area contributed by atoms with Gasteiger partial charge < -0.3 is 15.4 Å². The maximum atomic E-state index is 12.8. The first kappa shape index (κ1) is 22.4. The number of amides is 2. The van der Waals surface area contributed by atoms with Crippen LogP contribution in [0.15, 0.2) is 60.8 Å². The van der Waals surface area contributed by atoms with Crippen molar-refractivity contribution in [2.75, 3.05) is 10.6 Å². The van der Waals surface area contributed by atoms with Gasteiger partial charge >= 0.3 is 18.0 Å². The highest BCUT2D eigenvalue weighted by atomic mass is 19.4. The molecule has 2 amide bonds. The van der Waals surface area contributed by atoms with E-state index in [1.807, 2.05) is 6.07 Å². The summed E-state index contributed by atoms with van der Waals surface area (Å²) in [5.74, 6) is -1.68. The van der Waals surface area contributed by atoms with Gasteiger partial charge in [-0.3, -0.25) is 14.3 Å². The first-order chi connectivity index (χ1) is 15.2. The molecule has 0 radical (unpaired) electrons. The smallest absolute Gasteiger partial charge is 0.416 e. The molecule has 3 rings (SSSR count). The number of nitriles is 1. The predicted molar refractivity (Wildman–Crippen MR) is 108 cm³/mol. The molecule has 0 saturated carbocycles. The van der Waals surface area contributed by atoms with E-state index in [1.165, 1.54) is 47.1 Å². The van der Waals surface area contributed by atoms with E-state index in [4.69, 9.17) is 10.00 Å². The number of hydrogen-bond acceptors (Lipinski definition) is 5. The number of aromatic nitrogens is 2. The number of aryl methyl sites for hydroxylation is 1. The monoisotopic (exact) mass is 443 g/mol. The van der Waals surface area contributed by atoms with Crippen molar-refractivity contribution in [1.29, 1.82) is 5.26 Å². The highest BCUT2D eigenvalue weighted by Crippen LogP contribution is 2.33. The summed E-state index contributed by atoms with van der Waals surface area (Å²) in [5, 5.41) is 17.3. The van der Waals surface area contributed by atoms with Crippen LogP contribution in [0.2, 0.25) is 0 Å². The van der Waals surface area contributed by atoms with Crippen LogP contribution in [-0.4, -0.2) is 21.6 Å². The molecule has 0 bridgehead atoms. The summed E-state index contributed by atoms with van der Waals surface area (Å²) in [6.45, 7) is 0.344. The maximum Gasteiger partial charge on any atom is 0.416 e. The highest BCUT2D eigenvalue weighted by molar-refractivity contribution is 6.43. The zero-order chi connectivity index (χ0) is 23.1. The molecule has 1 aromatic heterocycles. The van der Waals surface area contributed by atoms with E-state index in [1.54, 1.807) is 6.20 Å². The maximum absolute atomic E-state index is 12.8. The number of benzene rings is 2. The summed E-state index contributed by atoms with van der Waals surface area (Å²) in [4.78, 5) is 24.2. The van der Waals surface area contributed by atoms with Gasteiger partial charge in [-0.15, -0.1) is 0 Å². The Morgan fingerprint density at radius 1 is 1.03 bits per heavy atom. The normalized spacial score (nSPS) is 10.8. The Balaban J connectivity index is 1.61. The van der Waals surface area contributed by atoms with Crippen LogP contribution >= 0.6 is 0 Å². The van der Waals surface area contributed by atoms with Gasteiger partial charge in [-0.05, 0) is 30.3 Å². The molecular weight excluding hydrogens is 427 g/mol. The zero-order valence-electron chi connectivity index (χ0n) is 16.4. The molecule has 8 nitrogen and oxygen atoms in total. The van der Waals surface area contributed by atoms with E-state index in [0.29, 0.717) is 6.54 Å². The highest BCUT2D eigenvalue weighted by Gasteiger charge is 2.30. The molecule has 0 spiro atoms. The second-order valence-electron chi connectivity index (χ2n) is 6.44. The molecule has 2 N–H and O–H groups in total. The summed E-state index contributed by atoms with van der Waals surface area (Å²) in [6.07, 6.45) is -2.71. The van der Waals surface area contributed by atoms with Crippen molar-refractivity contribution in [3.63, 3.8) is 0 Å². The van der Waals surface area contributed by atoms with Crippen molar-refractivity contribution >= 4 is 23.3 Å². The van der Waals surface area contributed by atoms with Crippen molar-refractivity contribution in [1.82, 2.24) is 9.78 Å². The van der Waals surface area contributed by atoms with E-state index in [0.717, 1.165) is 12.1 Å². The number of anilines is 2. The molecule has 0 aliphatic carbocycles. The lowest BCUT2D eigenvalue weighted by Gasteiger charge is -2.11. The lowest BCUT2D eigenvalue weighted by atomic mass is 10.2. The third kappa shape index (κ3) is 6.09. The fourth-order valence-corrected chi connectivity index (χ4v) is 2.59. The fourth-order valence-electron chi connectivity index (χ4n) is 2.59. The van der Waals surface area contributed by atoms with E-state index in [-0.39, 0.29) is 29.4 Å². The molecule has 1 heterocycles. The molecular formula is C21H16F3N5O3. The van der Waals surface area contributed by atoms with Crippen molar-refractivity contribution < 1.29 is 27.5 Å². The largest absolute Gasteiger partial charge is 0.457 e. The summed E-state index contributed by atoms with van der Waals surface area (Å²) >= 11 is 0. The summed E-state index contributed by atoms with van der Waals surface area (Å²) in [6, 6.07) is 13.7. The Kier molecular flexibility index (Phi) is 6.74. The number of nitrogens with zero attached hydrogens (tertiary/aromatic N) is 3. The minimum Gasteiger partial charge on any atom is -0.457 e. The molecule has 0 aliphatic rings. The van der Waals surface area contributed by atoms with E-state index >= 15 is 0 Å². The average Bonchev–Trinajstić information content (AvgIpc) is 3.19. The topological polar surface area (TPSA) is 109 Å². The van der Waals surface area contributed by atoms with Crippen molar-refractivity contribution in [2.24, 2.45) is 0 Å².